The lowest BCUT2D eigenvalue weighted by atomic mass is 10.1. The molecule has 2 nitrogen and oxygen atoms in total. The van der Waals surface area contributed by atoms with Crippen molar-refractivity contribution in [1.29, 1.82) is 0 Å². The fraction of sp³-hybridized carbons (Fsp3) is 0.417. The van der Waals surface area contributed by atoms with Gasteiger partial charge in [-0.05, 0) is 31.0 Å². The highest BCUT2D eigenvalue weighted by atomic mass is 15.2. The molecule has 72 valence electrons. The number of hydrogen-bond acceptors (Lipinski definition) is 2. The Morgan fingerprint density at radius 2 is 2.57 bits per heavy atom. The van der Waals surface area contributed by atoms with Gasteiger partial charge >= 0.3 is 0 Å². The molecular formula is C12H14N2. The molecule has 2 heteroatoms. The molecule has 2 heterocycles. The van der Waals surface area contributed by atoms with Gasteiger partial charge in [-0.3, -0.25) is 9.88 Å². The summed E-state index contributed by atoms with van der Waals surface area (Å²) in [5.41, 5.74) is 1.29. The van der Waals surface area contributed by atoms with E-state index >= 15 is 0 Å². The van der Waals surface area contributed by atoms with Crippen molar-refractivity contribution in [3.05, 3.63) is 30.1 Å². The SMILES string of the molecule is C#CCN1CCC[C@H]1c1cccnc1. The number of pyridine rings is 1. The Balaban J connectivity index is 2.14. The monoisotopic (exact) mass is 186 g/mol. The van der Waals surface area contributed by atoms with Crippen molar-refractivity contribution in [2.75, 3.05) is 13.1 Å². The molecule has 1 aliphatic rings. The summed E-state index contributed by atoms with van der Waals surface area (Å²) in [6.45, 7) is 1.86. The van der Waals surface area contributed by atoms with Crippen LogP contribution in [-0.2, 0) is 0 Å². The van der Waals surface area contributed by atoms with Gasteiger partial charge in [0.05, 0.1) is 6.54 Å². The fourth-order valence-corrected chi connectivity index (χ4v) is 2.08. The molecule has 0 aromatic carbocycles. The van der Waals surface area contributed by atoms with Crippen LogP contribution in [0.15, 0.2) is 24.5 Å². The summed E-state index contributed by atoms with van der Waals surface area (Å²) in [5, 5.41) is 0. The third-order valence-corrected chi connectivity index (χ3v) is 2.73. The van der Waals surface area contributed by atoms with E-state index < -0.39 is 0 Å². The van der Waals surface area contributed by atoms with Crippen LogP contribution in [0.4, 0.5) is 0 Å². The summed E-state index contributed by atoms with van der Waals surface area (Å²) < 4.78 is 0. The van der Waals surface area contributed by atoms with E-state index in [1.807, 2.05) is 18.5 Å². The Morgan fingerprint density at radius 1 is 1.64 bits per heavy atom. The second kappa shape index (κ2) is 4.26. The van der Waals surface area contributed by atoms with Crippen molar-refractivity contribution >= 4 is 0 Å². The summed E-state index contributed by atoms with van der Waals surface area (Å²) in [5.74, 6) is 2.71. The molecule has 0 saturated carbocycles. The van der Waals surface area contributed by atoms with Gasteiger partial charge in [-0.1, -0.05) is 12.0 Å². The number of hydrogen-bond donors (Lipinski definition) is 0. The number of likely N-dealkylation sites (tertiary alicyclic amines) is 1. The van der Waals surface area contributed by atoms with Crippen LogP contribution in [0.5, 0.6) is 0 Å². The highest BCUT2D eigenvalue weighted by molar-refractivity contribution is 5.16. The van der Waals surface area contributed by atoms with E-state index in [-0.39, 0.29) is 0 Å². The minimum atomic E-state index is 0.486. The molecule has 1 fully saturated rings. The molecule has 0 N–H and O–H groups in total. The predicted octanol–water partition coefficient (Wildman–Crippen LogP) is 1.85. The first kappa shape index (κ1) is 9.23. The molecule has 2 rings (SSSR count). The Bertz CT molecular complexity index is 326. The zero-order chi connectivity index (χ0) is 9.80. The van der Waals surface area contributed by atoms with E-state index in [2.05, 4.69) is 21.9 Å². The van der Waals surface area contributed by atoms with Gasteiger partial charge in [0.2, 0.25) is 0 Å². The third kappa shape index (κ3) is 1.78. The van der Waals surface area contributed by atoms with Crippen LogP contribution in [0.25, 0.3) is 0 Å². The average molecular weight is 186 g/mol. The maximum atomic E-state index is 5.34. The van der Waals surface area contributed by atoms with Gasteiger partial charge in [0.1, 0.15) is 0 Å². The van der Waals surface area contributed by atoms with Crippen molar-refractivity contribution in [1.82, 2.24) is 9.88 Å². The average Bonchev–Trinajstić information content (AvgIpc) is 2.68. The number of terminal acetylenes is 1. The molecule has 0 amide bonds. The Hall–Kier alpha value is -1.33. The first-order valence-corrected chi connectivity index (χ1v) is 4.99. The maximum absolute atomic E-state index is 5.34. The van der Waals surface area contributed by atoms with E-state index in [0.717, 1.165) is 13.1 Å². The Morgan fingerprint density at radius 3 is 3.29 bits per heavy atom. The van der Waals surface area contributed by atoms with Gasteiger partial charge in [-0.2, -0.15) is 0 Å². The van der Waals surface area contributed by atoms with Crippen molar-refractivity contribution < 1.29 is 0 Å². The van der Waals surface area contributed by atoms with Crippen molar-refractivity contribution in [2.24, 2.45) is 0 Å². The van der Waals surface area contributed by atoms with E-state index in [1.165, 1.54) is 18.4 Å². The highest BCUT2D eigenvalue weighted by Crippen LogP contribution is 2.30. The van der Waals surface area contributed by atoms with E-state index in [4.69, 9.17) is 6.42 Å². The molecule has 1 atom stereocenters. The number of rotatable bonds is 2. The third-order valence-electron chi connectivity index (χ3n) is 2.73. The standard InChI is InChI=1S/C12H14N2/c1-2-8-14-9-4-6-12(14)11-5-3-7-13-10-11/h1,3,5,7,10,12H,4,6,8-9H2/t12-/m0/s1. The highest BCUT2D eigenvalue weighted by Gasteiger charge is 2.24. The van der Waals surface area contributed by atoms with Crippen LogP contribution >= 0.6 is 0 Å². The second-order valence-corrected chi connectivity index (χ2v) is 3.62. The van der Waals surface area contributed by atoms with Gasteiger partial charge in [0, 0.05) is 18.4 Å². The molecule has 0 radical (unpaired) electrons. The van der Waals surface area contributed by atoms with Crippen molar-refractivity contribution in [3.8, 4) is 12.3 Å². The van der Waals surface area contributed by atoms with Crippen molar-refractivity contribution in [2.45, 2.75) is 18.9 Å². The predicted molar refractivity (Wildman–Crippen MR) is 56.6 cm³/mol. The zero-order valence-electron chi connectivity index (χ0n) is 8.19. The quantitative estimate of drug-likeness (QED) is 0.655. The summed E-state index contributed by atoms with van der Waals surface area (Å²) in [6.07, 6.45) is 11.5. The van der Waals surface area contributed by atoms with Crippen LogP contribution in [0.3, 0.4) is 0 Å². The minimum absolute atomic E-state index is 0.486. The lowest BCUT2D eigenvalue weighted by Crippen LogP contribution is -2.23. The van der Waals surface area contributed by atoms with E-state index in [0.29, 0.717) is 6.04 Å². The number of nitrogens with zero attached hydrogens (tertiary/aromatic N) is 2. The van der Waals surface area contributed by atoms with Crippen LogP contribution in [-0.4, -0.2) is 23.0 Å². The smallest absolute Gasteiger partial charge is 0.0604 e. The van der Waals surface area contributed by atoms with E-state index in [9.17, 15) is 0 Å². The lowest BCUT2D eigenvalue weighted by Gasteiger charge is -2.21. The first-order valence-electron chi connectivity index (χ1n) is 4.99. The van der Waals surface area contributed by atoms with Crippen LogP contribution in [0, 0.1) is 12.3 Å². The normalized spacial score (nSPS) is 22.1. The molecule has 0 unspecified atom stereocenters. The molecule has 1 aromatic rings. The molecule has 1 aliphatic heterocycles. The zero-order valence-corrected chi connectivity index (χ0v) is 8.19. The minimum Gasteiger partial charge on any atom is -0.285 e. The summed E-state index contributed by atoms with van der Waals surface area (Å²) >= 11 is 0. The first-order chi connectivity index (χ1) is 6.92. The summed E-state index contributed by atoms with van der Waals surface area (Å²) in [6, 6.07) is 4.61. The molecule has 0 spiro atoms. The Kier molecular flexibility index (Phi) is 2.81. The van der Waals surface area contributed by atoms with Crippen LogP contribution < -0.4 is 0 Å². The molecule has 1 saturated heterocycles. The van der Waals surface area contributed by atoms with Crippen molar-refractivity contribution in [3.63, 3.8) is 0 Å². The van der Waals surface area contributed by atoms with Crippen LogP contribution in [0.2, 0.25) is 0 Å². The maximum Gasteiger partial charge on any atom is 0.0604 e. The van der Waals surface area contributed by atoms with Gasteiger partial charge in [-0.15, -0.1) is 6.42 Å². The van der Waals surface area contributed by atoms with Crippen LogP contribution in [0.1, 0.15) is 24.4 Å². The second-order valence-electron chi connectivity index (χ2n) is 3.62. The summed E-state index contributed by atoms with van der Waals surface area (Å²) in [7, 11) is 0. The van der Waals surface area contributed by atoms with Gasteiger partial charge in [0.25, 0.3) is 0 Å². The molecule has 0 bridgehead atoms. The largest absolute Gasteiger partial charge is 0.285 e. The molecule has 0 aliphatic carbocycles. The molecule has 14 heavy (non-hydrogen) atoms. The Labute approximate surface area is 85.0 Å². The topological polar surface area (TPSA) is 16.1 Å². The number of aromatic nitrogens is 1. The molecular weight excluding hydrogens is 172 g/mol. The lowest BCUT2D eigenvalue weighted by molar-refractivity contribution is 0.289. The summed E-state index contributed by atoms with van der Waals surface area (Å²) in [4.78, 5) is 6.49. The fourth-order valence-electron chi connectivity index (χ4n) is 2.08. The van der Waals surface area contributed by atoms with Gasteiger partial charge in [0.15, 0.2) is 0 Å². The van der Waals surface area contributed by atoms with Gasteiger partial charge in [-0.25, -0.2) is 0 Å². The van der Waals surface area contributed by atoms with E-state index in [1.54, 1.807) is 0 Å². The van der Waals surface area contributed by atoms with Gasteiger partial charge < -0.3 is 0 Å². The molecule has 1 aromatic heterocycles.